The Morgan fingerprint density at radius 1 is 0.886 bits per heavy atom. The highest BCUT2D eigenvalue weighted by Crippen LogP contribution is 2.25. The van der Waals surface area contributed by atoms with Crippen LogP contribution in [0.1, 0.15) is 43.8 Å². The van der Waals surface area contributed by atoms with Crippen LogP contribution in [-0.4, -0.2) is 34.2 Å². The predicted molar refractivity (Wildman–Crippen MR) is 135 cm³/mol. The van der Waals surface area contributed by atoms with Crippen LogP contribution >= 0.6 is 11.6 Å². The lowest BCUT2D eigenvalue weighted by Gasteiger charge is -2.13. The molecule has 7 heteroatoms. The molecule has 3 amide bonds. The first-order valence-electron chi connectivity index (χ1n) is 11.5. The van der Waals surface area contributed by atoms with Crippen LogP contribution in [0.3, 0.4) is 0 Å². The number of aryl methyl sites for hydroxylation is 1. The van der Waals surface area contributed by atoms with E-state index in [0.29, 0.717) is 48.5 Å². The molecule has 4 aromatic rings. The normalized spacial score (nSPS) is 12.9. The van der Waals surface area contributed by atoms with E-state index in [4.69, 9.17) is 11.6 Å². The van der Waals surface area contributed by atoms with Crippen LogP contribution < -0.4 is 5.32 Å². The number of carbonyl (C=O) groups is 3. The van der Waals surface area contributed by atoms with Crippen molar-refractivity contribution in [3.63, 3.8) is 0 Å². The van der Waals surface area contributed by atoms with E-state index in [1.54, 1.807) is 36.4 Å². The van der Waals surface area contributed by atoms with Crippen LogP contribution in [0, 0.1) is 0 Å². The lowest BCUT2D eigenvalue weighted by Crippen LogP contribution is -2.31. The highest BCUT2D eigenvalue weighted by Gasteiger charge is 2.34. The van der Waals surface area contributed by atoms with Gasteiger partial charge in [-0.05, 0) is 65.9 Å². The number of imide groups is 1. The number of amides is 3. The number of halogens is 1. The average molecular weight is 486 g/mol. The van der Waals surface area contributed by atoms with Crippen molar-refractivity contribution in [3.8, 4) is 0 Å². The van der Waals surface area contributed by atoms with Gasteiger partial charge in [0, 0.05) is 41.6 Å². The van der Waals surface area contributed by atoms with Crippen molar-refractivity contribution in [2.45, 2.75) is 25.8 Å². The number of H-pyrrole nitrogens is 1. The van der Waals surface area contributed by atoms with E-state index in [0.717, 1.165) is 27.6 Å². The monoisotopic (exact) mass is 485 g/mol. The molecule has 1 aliphatic rings. The number of hydrogen-bond acceptors (Lipinski definition) is 3. The van der Waals surface area contributed by atoms with Gasteiger partial charge in [0.25, 0.3) is 11.8 Å². The zero-order valence-electron chi connectivity index (χ0n) is 19.0. The van der Waals surface area contributed by atoms with E-state index in [1.807, 2.05) is 30.5 Å². The lowest BCUT2D eigenvalue weighted by atomic mass is 10.0. The Hall–Kier alpha value is -3.90. The van der Waals surface area contributed by atoms with Gasteiger partial charge in [0.2, 0.25) is 5.91 Å². The minimum absolute atomic E-state index is 0.0139. The average Bonchev–Trinajstić information content (AvgIpc) is 3.39. The molecular formula is C28H24ClN3O3. The zero-order valence-corrected chi connectivity index (χ0v) is 19.8. The molecule has 0 spiro atoms. The van der Waals surface area contributed by atoms with Crippen molar-refractivity contribution in [3.05, 3.63) is 106 Å². The Labute approximate surface area is 207 Å². The van der Waals surface area contributed by atoms with Gasteiger partial charge < -0.3 is 10.3 Å². The molecule has 6 nitrogen and oxygen atoms in total. The summed E-state index contributed by atoms with van der Waals surface area (Å²) in [7, 11) is 0. The highest BCUT2D eigenvalue weighted by atomic mass is 35.5. The number of fused-ring (bicyclic) bond motifs is 2. The largest absolute Gasteiger partial charge is 0.361 e. The third-order valence-corrected chi connectivity index (χ3v) is 6.61. The third-order valence-electron chi connectivity index (χ3n) is 6.36. The molecule has 0 atom stereocenters. The summed E-state index contributed by atoms with van der Waals surface area (Å²) in [5.74, 6) is -0.494. The molecule has 2 N–H and O–H groups in total. The molecular weight excluding hydrogens is 462 g/mol. The van der Waals surface area contributed by atoms with Crippen LogP contribution in [0.15, 0.2) is 72.9 Å². The van der Waals surface area contributed by atoms with E-state index >= 15 is 0 Å². The van der Waals surface area contributed by atoms with Gasteiger partial charge in [-0.2, -0.15) is 0 Å². The molecule has 0 aliphatic carbocycles. The van der Waals surface area contributed by atoms with E-state index in [1.165, 1.54) is 4.90 Å². The smallest absolute Gasteiger partial charge is 0.261 e. The van der Waals surface area contributed by atoms with Crippen molar-refractivity contribution in [1.82, 2.24) is 15.2 Å². The van der Waals surface area contributed by atoms with Crippen molar-refractivity contribution < 1.29 is 14.4 Å². The number of nitrogens with one attached hydrogen (secondary N) is 2. The van der Waals surface area contributed by atoms with Gasteiger partial charge in [0.1, 0.15) is 0 Å². The molecule has 0 saturated heterocycles. The molecule has 3 aromatic carbocycles. The first-order chi connectivity index (χ1) is 17.0. The van der Waals surface area contributed by atoms with Gasteiger partial charge in [-0.25, -0.2) is 0 Å². The summed E-state index contributed by atoms with van der Waals surface area (Å²) in [6, 6.07) is 20.4. The summed E-state index contributed by atoms with van der Waals surface area (Å²) in [5.41, 5.74) is 5.00. The molecule has 1 aliphatic heterocycles. The molecule has 176 valence electrons. The molecule has 0 fully saturated rings. The van der Waals surface area contributed by atoms with Gasteiger partial charge in [0.05, 0.1) is 11.1 Å². The molecule has 2 heterocycles. The van der Waals surface area contributed by atoms with Crippen molar-refractivity contribution >= 4 is 40.2 Å². The van der Waals surface area contributed by atoms with Crippen molar-refractivity contribution in [2.75, 3.05) is 6.54 Å². The highest BCUT2D eigenvalue weighted by molar-refractivity contribution is 6.30. The van der Waals surface area contributed by atoms with Crippen LogP contribution in [0.25, 0.3) is 10.9 Å². The topological polar surface area (TPSA) is 82.3 Å². The predicted octanol–water partition coefficient (Wildman–Crippen LogP) is 4.91. The van der Waals surface area contributed by atoms with E-state index in [2.05, 4.69) is 16.4 Å². The fraction of sp³-hybridized carbons (Fsp3) is 0.179. The fourth-order valence-corrected chi connectivity index (χ4v) is 4.54. The second kappa shape index (κ2) is 9.76. The molecule has 0 unspecified atom stereocenters. The van der Waals surface area contributed by atoms with Crippen LogP contribution in [0.5, 0.6) is 0 Å². The van der Waals surface area contributed by atoms with Gasteiger partial charge in [-0.1, -0.05) is 41.9 Å². The summed E-state index contributed by atoms with van der Waals surface area (Å²) < 4.78 is 0. The Morgan fingerprint density at radius 2 is 1.57 bits per heavy atom. The number of rotatable bonds is 8. The Morgan fingerprint density at radius 3 is 2.29 bits per heavy atom. The van der Waals surface area contributed by atoms with Crippen LogP contribution in [0.2, 0.25) is 5.02 Å². The zero-order chi connectivity index (χ0) is 24.4. The molecule has 0 bridgehead atoms. The first-order valence-corrected chi connectivity index (χ1v) is 11.9. The number of aromatic nitrogens is 1. The Balaban J connectivity index is 1.20. The summed E-state index contributed by atoms with van der Waals surface area (Å²) in [5, 5.41) is 4.65. The maximum Gasteiger partial charge on any atom is 0.261 e. The molecule has 0 saturated carbocycles. The van der Waals surface area contributed by atoms with Gasteiger partial charge in [-0.3, -0.25) is 19.3 Å². The molecule has 0 radical (unpaired) electrons. The van der Waals surface area contributed by atoms with Crippen LogP contribution in [-0.2, 0) is 24.2 Å². The number of carbonyl (C=O) groups excluding carboxylic acids is 3. The standard InChI is InChI=1S/C28H24ClN3O3/c29-21-9-5-19(6-10-21)16-31-26(33)12-8-18-7-11-25-24(15-18)20(17-30-25)13-14-32-27(34)22-3-1-2-4-23(22)28(32)35/h1-7,9-11,15,17,30H,8,12-14,16H2,(H,31,33). The third kappa shape index (κ3) is 4.84. The minimum Gasteiger partial charge on any atom is -0.361 e. The van der Waals surface area contributed by atoms with Crippen molar-refractivity contribution in [1.29, 1.82) is 0 Å². The van der Waals surface area contributed by atoms with E-state index in [-0.39, 0.29) is 17.7 Å². The quantitative estimate of drug-likeness (QED) is 0.348. The Kier molecular flexibility index (Phi) is 6.38. The number of aromatic amines is 1. The van der Waals surface area contributed by atoms with Gasteiger partial charge in [0.15, 0.2) is 0 Å². The first kappa shape index (κ1) is 22.9. The van der Waals surface area contributed by atoms with Gasteiger partial charge >= 0.3 is 0 Å². The minimum atomic E-state index is -0.240. The number of hydrogen-bond donors (Lipinski definition) is 2. The molecule has 1 aromatic heterocycles. The lowest BCUT2D eigenvalue weighted by molar-refractivity contribution is -0.121. The van der Waals surface area contributed by atoms with E-state index < -0.39 is 0 Å². The second-order valence-corrected chi connectivity index (χ2v) is 9.09. The van der Waals surface area contributed by atoms with Crippen molar-refractivity contribution in [2.24, 2.45) is 0 Å². The second-order valence-electron chi connectivity index (χ2n) is 8.65. The maximum absolute atomic E-state index is 12.6. The summed E-state index contributed by atoms with van der Waals surface area (Å²) in [6.45, 7) is 0.783. The Bertz CT molecular complexity index is 1390. The van der Waals surface area contributed by atoms with Crippen LogP contribution in [0.4, 0.5) is 0 Å². The SMILES string of the molecule is O=C(CCc1ccc2[nH]cc(CCN3C(=O)c4ccccc4C3=O)c2c1)NCc1ccc(Cl)cc1. The summed E-state index contributed by atoms with van der Waals surface area (Å²) in [6.07, 6.45) is 3.47. The summed E-state index contributed by atoms with van der Waals surface area (Å²) in [4.78, 5) is 42.2. The molecule has 35 heavy (non-hydrogen) atoms. The maximum atomic E-state index is 12.6. The number of nitrogens with zero attached hydrogens (tertiary/aromatic N) is 1. The van der Waals surface area contributed by atoms with E-state index in [9.17, 15) is 14.4 Å². The fourth-order valence-electron chi connectivity index (χ4n) is 4.41. The molecule has 5 rings (SSSR count). The van der Waals surface area contributed by atoms with Gasteiger partial charge in [-0.15, -0.1) is 0 Å². The summed E-state index contributed by atoms with van der Waals surface area (Å²) >= 11 is 5.90. The number of benzene rings is 3.